The molecule has 1 saturated carbocycles. The Balaban J connectivity index is 2.27. The SMILES string of the molecule is COCc1c(CC2(N)CC2)cccc1OC. The van der Waals surface area contributed by atoms with Crippen LogP contribution in [-0.4, -0.2) is 19.8 Å². The van der Waals surface area contributed by atoms with Gasteiger partial charge in [0.1, 0.15) is 5.75 Å². The molecular formula is C13H19NO2. The van der Waals surface area contributed by atoms with E-state index in [9.17, 15) is 0 Å². The maximum Gasteiger partial charge on any atom is 0.124 e. The van der Waals surface area contributed by atoms with E-state index in [1.165, 1.54) is 5.56 Å². The van der Waals surface area contributed by atoms with Gasteiger partial charge >= 0.3 is 0 Å². The summed E-state index contributed by atoms with van der Waals surface area (Å²) in [5, 5.41) is 0. The van der Waals surface area contributed by atoms with Crippen LogP contribution >= 0.6 is 0 Å². The predicted octanol–water partition coefficient (Wildman–Crippen LogP) is 1.88. The summed E-state index contributed by atoms with van der Waals surface area (Å²) >= 11 is 0. The minimum absolute atomic E-state index is 0.0227. The molecule has 1 fully saturated rings. The van der Waals surface area contributed by atoms with Crippen molar-refractivity contribution in [3.05, 3.63) is 29.3 Å². The minimum Gasteiger partial charge on any atom is -0.496 e. The van der Waals surface area contributed by atoms with Gasteiger partial charge in [-0.15, -0.1) is 0 Å². The molecule has 1 aromatic rings. The lowest BCUT2D eigenvalue weighted by Crippen LogP contribution is -2.25. The number of hydrogen-bond acceptors (Lipinski definition) is 3. The first-order chi connectivity index (χ1) is 7.68. The molecule has 2 N–H and O–H groups in total. The van der Waals surface area contributed by atoms with Crippen molar-refractivity contribution in [3.8, 4) is 5.75 Å². The number of rotatable bonds is 5. The van der Waals surface area contributed by atoms with Crippen molar-refractivity contribution >= 4 is 0 Å². The molecule has 0 heterocycles. The van der Waals surface area contributed by atoms with Crippen LogP contribution in [0.25, 0.3) is 0 Å². The van der Waals surface area contributed by atoms with Crippen molar-refractivity contribution in [1.82, 2.24) is 0 Å². The topological polar surface area (TPSA) is 44.5 Å². The van der Waals surface area contributed by atoms with Gasteiger partial charge in [-0.3, -0.25) is 0 Å². The van der Waals surface area contributed by atoms with Crippen molar-refractivity contribution in [2.75, 3.05) is 14.2 Å². The zero-order valence-corrected chi connectivity index (χ0v) is 9.95. The Bertz CT molecular complexity index is 372. The molecule has 0 aromatic heterocycles. The highest BCUT2D eigenvalue weighted by atomic mass is 16.5. The molecule has 2 rings (SSSR count). The zero-order chi connectivity index (χ0) is 11.6. The first kappa shape index (κ1) is 11.4. The molecule has 0 bridgehead atoms. The molecule has 0 amide bonds. The summed E-state index contributed by atoms with van der Waals surface area (Å²) in [6, 6.07) is 6.09. The second-order valence-corrected chi connectivity index (χ2v) is 4.57. The van der Waals surface area contributed by atoms with E-state index in [1.807, 2.05) is 12.1 Å². The molecule has 1 aromatic carbocycles. The van der Waals surface area contributed by atoms with Gasteiger partial charge in [0.25, 0.3) is 0 Å². The largest absolute Gasteiger partial charge is 0.496 e. The fraction of sp³-hybridized carbons (Fsp3) is 0.538. The van der Waals surface area contributed by atoms with Gasteiger partial charge in [-0.1, -0.05) is 12.1 Å². The monoisotopic (exact) mass is 221 g/mol. The second-order valence-electron chi connectivity index (χ2n) is 4.57. The number of nitrogens with two attached hydrogens (primary N) is 1. The highest BCUT2D eigenvalue weighted by Crippen LogP contribution is 2.37. The van der Waals surface area contributed by atoms with Crippen molar-refractivity contribution in [1.29, 1.82) is 0 Å². The van der Waals surface area contributed by atoms with Crippen molar-refractivity contribution < 1.29 is 9.47 Å². The maximum absolute atomic E-state index is 6.15. The van der Waals surface area contributed by atoms with E-state index >= 15 is 0 Å². The Morgan fingerprint density at radius 2 is 2.06 bits per heavy atom. The summed E-state index contributed by atoms with van der Waals surface area (Å²) in [5.41, 5.74) is 8.56. The molecule has 0 unspecified atom stereocenters. The highest BCUT2D eigenvalue weighted by molar-refractivity contribution is 5.41. The summed E-state index contributed by atoms with van der Waals surface area (Å²) in [4.78, 5) is 0. The van der Waals surface area contributed by atoms with Crippen LogP contribution in [0.15, 0.2) is 18.2 Å². The molecule has 16 heavy (non-hydrogen) atoms. The van der Waals surface area contributed by atoms with Crippen molar-refractivity contribution in [2.24, 2.45) is 5.73 Å². The quantitative estimate of drug-likeness (QED) is 0.825. The first-order valence-corrected chi connectivity index (χ1v) is 5.61. The normalized spacial score (nSPS) is 17.2. The highest BCUT2D eigenvalue weighted by Gasteiger charge is 2.38. The van der Waals surface area contributed by atoms with E-state index in [0.717, 1.165) is 30.6 Å². The van der Waals surface area contributed by atoms with Crippen LogP contribution in [0.5, 0.6) is 5.75 Å². The molecule has 88 valence electrons. The fourth-order valence-corrected chi connectivity index (χ4v) is 1.99. The summed E-state index contributed by atoms with van der Waals surface area (Å²) in [7, 11) is 3.39. The third-order valence-electron chi connectivity index (χ3n) is 3.17. The molecule has 0 spiro atoms. The van der Waals surface area contributed by atoms with E-state index in [1.54, 1.807) is 14.2 Å². The average molecular weight is 221 g/mol. The van der Waals surface area contributed by atoms with Crippen LogP contribution in [0.2, 0.25) is 0 Å². The number of methoxy groups -OCH3 is 2. The average Bonchev–Trinajstić information content (AvgIpc) is 2.99. The van der Waals surface area contributed by atoms with Crippen LogP contribution in [0, 0.1) is 0 Å². The third kappa shape index (κ3) is 2.36. The van der Waals surface area contributed by atoms with Gasteiger partial charge < -0.3 is 15.2 Å². The molecule has 1 aliphatic carbocycles. The standard InChI is InChI=1S/C13H19NO2/c1-15-9-11-10(8-13(14)6-7-13)4-3-5-12(11)16-2/h3-5H,6-9,14H2,1-2H3. The lowest BCUT2D eigenvalue weighted by Gasteiger charge is -2.16. The summed E-state index contributed by atoms with van der Waals surface area (Å²) in [6.45, 7) is 0.579. The van der Waals surface area contributed by atoms with Gasteiger partial charge in [-0.25, -0.2) is 0 Å². The van der Waals surface area contributed by atoms with Crippen LogP contribution in [-0.2, 0) is 17.8 Å². The van der Waals surface area contributed by atoms with E-state index in [2.05, 4.69) is 6.07 Å². The Morgan fingerprint density at radius 3 is 2.62 bits per heavy atom. The van der Waals surface area contributed by atoms with Gasteiger partial charge in [-0.05, 0) is 30.9 Å². The molecular weight excluding hydrogens is 202 g/mol. The number of hydrogen-bond donors (Lipinski definition) is 1. The van der Waals surface area contributed by atoms with Crippen LogP contribution in [0.4, 0.5) is 0 Å². The lowest BCUT2D eigenvalue weighted by atomic mass is 9.99. The predicted molar refractivity (Wildman–Crippen MR) is 63.6 cm³/mol. The van der Waals surface area contributed by atoms with E-state index in [-0.39, 0.29) is 5.54 Å². The maximum atomic E-state index is 6.15. The first-order valence-electron chi connectivity index (χ1n) is 5.61. The van der Waals surface area contributed by atoms with Crippen molar-refractivity contribution in [2.45, 2.75) is 31.4 Å². The smallest absolute Gasteiger partial charge is 0.124 e. The Morgan fingerprint density at radius 1 is 1.31 bits per heavy atom. The van der Waals surface area contributed by atoms with Gasteiger partial charge in [0.2, 0.25) is 0 Å². The number of benzene rings is 1. The van der Waals surface area contributed by atoms with E-state index in [0.29, 0.717) is 6.61 Å². The van der Waals surface area contributed by atoms with E-state index in [4.69, 9.17) is 15.2 Å². The van der Waals surface area contributed by atoms with Gasteiger partial charge in [0.15, 0.2) is 0 Å². The summed E-state index contributed by atoms with van der Waals surface area (Å²) < 4.78 is 10.6. The van der Waals surface area contributed by atoms with Gasteiger partial charge in [0, 0.05) is 18.2 Å². The fourth-order valence-electron chi connectivity index (χ4n) is 1.99. The number of ether oxygens (including phenoxy) is 2. The Labute approximate surface area is 96.5 Å². The molecule has 1 aliphatic rings. The van der Waals surface area contributed by atoms with Gasteiger partial charge in [0.05, 0.1) is 13.7 Å². The van der Waals surface area contributed by atoms with Gasteiger partial charge in [-0.2, -0.15) is 0 Å². The van der Waals surface area contributed by atoms with Crippen LogP contribution in [0.3, 0.4) is 0 Å². The van der Waals surface area contributed by atoms with E-state index < -0.39 is 0 Å². The molecule has 0 radical (unpaired) electrons. The third-order valence-corrected chi connectivity index (χ3v) is 3.17. The minimum atomic E-state index is 0.0227. The summed E-state index contributed by atoms with van der Waals surface area (Å²) in [5.74, 6) is 0.892. The Hall–Kier alpha value is -1.06. The molecule has 0 atom stereocenters. The molecule has 0 aliphatic heterocycles. The Kier molecular flexibility index (Phi) is 3.17. The van der Waals surface area contributed by atoms with Crippen LogP contribution in [0.1, 0.15) is 24.0 Å². The molecule has 0 saturated heterocycles. The lowest BCUT2D eigenvalue weighted by molar-refractivity contribution is 0.180. The van der Waals surface area contributed by atoms with Crippen molar-refractivity contribution in [3.63, 3.8) is 0 Å². The second kappa shape index (κ2) is 4.44. The molecule has 3 nitrogen and oxygen atoms in total. The molecule has 3 heteroatoms. The zero-order valence-electron chi connectivity index (χ0n) is 9.95. The van der Waals surface area contributed by atoms with Crippen LogP contribution < -0.4 is 10.5 Å². The summed E-state index contributed by atoms with van der Waals surface area (Å²) in [6.07, 6.45) is 3.16.